The molecule has 5 nitrogen and oxygen atoms in total. The predicted molar refractivity (Wildman–Crippen MR) is 85.7 cm³/mol. The number of hydrogen-bond acceptors (Lipinski definition) is 5. The van der Waals surface area contributed by atoms with E-state index in [1.54, 1.807) is 24.3 Å². The first kappa shape index (κ1) is 16.2. The molecule has 0 aromatic heterocycles. The van der Waals surface area contributed by atoms with Crippen LogP contribution in [0.1, 0.15) is 5.56 Å². The van der Waals surface area contributed by atoms with Crippen LogP contribution in [0.4, 0.5) is 8.78 Å². The van der Waals surface area contributed by atoms with Crippen LogP contribution in [-0.4, -0.2) is 25.5 Å². The third-order valence-corrected chi connectivity index (χ3v) is 4.04. The van der Waals surface area contributed by atoms with Crippen LogP contribution < -0.4 is 24.3 Å². The molecular formula is C17H14ClF2NO4. The Morgan fingerprint density at radius 1 is 1.08 bits per heavy atom. The van der Waals surface area contributed by atoms with Gasteiger partial charge in [-0.3, -0.25) is 0 Å². The molecule has 1 saturated heterocycles. The summed E-state index contributed by atoms with van der Waals surface area (Å²) in [5.74, 6) is 1.06. The standard InChI is InChI=1S/C17H14ClF2NO4/c18-11-2-4-13(15(6-11)23-12-7-21-8-12)22-9-10-1-3-14-16(5-10)25-17(19,20)24-14/h1-6,12,21H,7-9H2. The minimum atomic E-state index is -3.63. The quantitative estimate of drug-likeness (QED) is 0.872. The number of hydrogen-bond donors (Lipinski definition) is 1. The smallest absolute Gasteiger partial charge is 0.485 e. The SMILES string of the molecule is FC1(F)Oc2ccc(COc3ccc(Cl)cc3OC3CNC3)cc2O1. The Kier molecular flexibility index (Phi) is 4.05. The fraction of sp³-hybridized carbons (Fsp3) is 0.294. The normalized spacial score (nSPS) is 17.9. The van der Waals surface area contributed by atoms with E-state index in [-0.39, 0.29) is 24.2 Å². The van der Waals surface area contributed by atoms with E-state index in [9.17, 15) is 8.78 Å². The molecule has 1 N–H and O–H groups in total. The highest BCUT2D eigenvalue weighted by molar-refractivity contribution is 6.30. The van der Waals surface area contributed by atoms with Crippen molar-refractivity contribution < 1.29 is 27.7 Å². The molecule has 132 valence electrons. The topological polar surface area (TPSA) is 49.0 Å². The fourth-order valence-corrected chi connectivity index (χ4v) is 2.62. The third-order valence-electron chi connectivity index (χ3n) is 3.80. The maximum Gasteiger partial charge on any atom is 0.586 e. The van der Waals surface area contributed by atoms with Crippen molar-refractivity contribution in [2.24, 2.45) is 0 Å². The van der Waals surface area contributed by atoms with Gasteiger partial charge in [0, 0.05) is 24.2 Å². The highest BCUT2D eigenvalue weighted by Gasteiger charge is 2.43. The Morgan fingerprint density at radius 3 is 2.64 bits per heavy atom. The van der Waals surface area contributed by atoms with E-state index in [2.05, 4.69) is 14.8 Å². The molecule has 2 aliphatic rings. The van der Waals surface area contributed by atoms with Crippen LogP contribution in [0.25, 0.3) is 0 Å². The summed E-state index contributed by atoms with van der Waals surface area (Å²) in [5, 5.41) is 3.66. The lowest BCUT2D eigenvalue weighted by Crippen LogP contribution is -2.50. The molecule has 0 radical (unpaired) electrons. The van der Waals surface area contributed by atoms with Crippen molar-refractivity contribution in [2.75, 3.05) is 13.1 Å². The van der Waals surface area contributed by atoms with E-state index in [1.807, 2.05) is 0 Å². The second kappa shape index (κ2) is 6.24. The predicted octanol–water partition coefficient (Wildman–Crippen LogP) is 3.59. The maximum atomic E-state index is 13.1. The molecule has 2 heterocycles. The third kappa shape index (κ3) is 3.57. The summed E-state index contributed by atoms with van der Waals surface area (Å²) in [6.45, 7) is 1.69. The summed E-state index contributed by atoms with van der Waals surface area (Å²) in [4.78, 5) is 0. The van der Waals surface area contributed by atoms with Crippen LogP contribution in [0.5, 0.6) is 23.0 Å². The van der Waals surface area contributed by atoms with E-state index in [0.717, 1.165) is 13.1 Å². The highest BCUT2D eigenvalue weighted by atomic mass is 35.5. The minimum Gasteiger partial charge on any atom is -0.485 e. The zero-order valence-electron chi connectivity index (χ0n) is 12.9. The molecule has 0 saturated carbocycles. The number of fused-ring (bicyclic) bond motifs is 1. The van der Waals surface area contributed by atoms with Gasteiger partial charge in [-0.2, -0.15) is 0 Å². The average Bonchev–Trinajstić information content (AvgIpc) is 2.83. The number of rotatable bonds is 5. The molecule has 0 bridgehead atoms. The van der Waals surface area contributed by atoms with Gasteiger partial charge in [0.15, 0.2) is 23.0 Å². The van der Waals surface area contributed by atoms with Crippen LogP contribution in [-0.2, 0) is 6.61 Å². The van der Waals surface area contributed by atoms with Crippen molar-refractivity contribution in [3.8, 4) is 23.0 Å². The number of nitrogens with one attached hydrogen (secondary N) is 1. The van der Waals surface area contributed by atoms with E-state index >= 15 is 0 Å². The van der Waals surface area contributed by atoms with Crippen molar-refractivity contribution in [3.63, 3.8) is 0 Å². The Labute approximate surface area is 147 Å². The van der Waals surface area contributed by atoms with E-state index in [4.69, 9.17) is 21.1 Å². The van der Waals surface area contributed by atoms with Crippen LogP contribution in [0.3, 0.4) is 0 Å². The lowest BCUT2D eigenvalue weighted by Gasteiger charge is -2.28. The Balaban J connectivity index is 1.47. The second-order valence-corrected chi connectivity index (χ2v) is 6.16. The number of alkyl halides is 2. The van der Waals surface area contributed by atoms with Gasteiger partial charge in [0.1, 0.15) is 12.7 Å². The fourth-order valence-electron chi connectivity index (χ4n) is 2.46. The van der Waals surface area contributed by atoms with Crippen molar-refractivity contribution in [1.29, 1.82) is 0 Å². The largest absolute Gasteiger partial charge is 0.586 e. The minimum absolute atomic E-state index is 0.00162. The number of halogens is 3. The molecule has 4 rings (SSSR count). The summed E-state index contributed by atoms with van der Waals surface area (Å²) in [7, 11) is 0. The Hall–Kier alpha value is -2.25. The number of benzene rings is 2. The molecule has 0 amide bonds. The molecule has 2 aromatic carbocycles. The average molecular weight is 370 g/mol. The van der Waals surface area contributed by atoms with Gasteiger partial charge in [-0.25, -0.2) is 0 Å². The van der Waals surface area contributed by atoms with Gasteiger partial charge in [-0.1, -0.05) is 17.7 Å². The summed E-state index contributed by atoms with van der Waals surface area (Å²) in [5.41, 5.74) is 0.659. The molecule has 2 aromatic rings. The number of ether oxygens (including phenoxy) is 4. The van der Waals surface area contributed by atoms with E-state index in [1.165, 1.54) is 12.1 Å². The van der Waals surface area contributed by atoms with Crippen LogP contribution in [0, 0.1) is 0 Å². The zero-order valence-corrected chi connectivity index (χ0v) is 13.7. The van der Waals surface area contributed by atoms with Crippen LogP contribution in [0.2, 0.25) is 5.02 Å². The van der Waals surface area contributed by atoms with Gasteiger partial charge in [0.05, 0.1) is 0 Å². The van der Waals surface area contributed by atoms with Gasteiger partial charge < -0.3 is 24.3 Å². The van der Waals surface area contributed by atoms with Gasteiger partial charge >= 0.3 is 6.29 Å². The Bertz CT molecular complexity index is 798. The van der Waals surface area contributed by atoms with Crippen molar-refractivity contribution in [2.45, 2.75) is 19.0 Å². The van der Waals surface area contributed by atoms with Gasteiger partial charge in [0.2, 0.25) is 0 Å². The molecule has 8 heteroatoms. The summed E-state index contributed by atoms with van der Waals surface area (Å²) < 4.78 is 46.5. The monoisotopic (exact) mass is 369 g/mol. The van der Waals surface area contributed by atoms with E-state index in [0.29, 0.717) is 22.1 Å². The second-order valence-electron chi connectivity index (χ2n) is 5.73. The lowest BCUT2D eigenvalue weighted by atomic mass is 10.2. The Morgan fingerprint density at radius 2 is 1.88 bits per heavy atom. The molecule has 0 aliphatic carbocycles. The molecule has 2 aliphatic heterocycles. The van der Waals surface area contributed by atoms with Crippen molar-refractivity contribution in [1.82, 2.24) is 5.32 Å². The van der Waals surface area contributed by atoms with Crippen LogP contribution in [0.15, 0.2) is 36.4 Å². The molecule has 0 spiro atoms. The lowest BCUT2D eigenvalue weighted by molar-refractivity contribution is -0.286. The first-order valence-electron chi connectivity index (χ1n) is 7.67. The first-order valence-corrected chi connectivity index (χ1v) is 8.05. The van der Waals surface area contributed by atoms with Crippen LogP contribution >= 0.6 is 11.6 Å². The molecular weight excluding hydrogens is 356 g/mol. The summed E-state index contributed by atoms with van der Waals surface area (Å²) >= 11 is 6.02. The highest BCUT2D eigenvalue weighted by Crippen LogP contribution is 2.41. The zero-order chi connectivity index (χ0) is 17.4. The van der Waals surface area contributed by atoms with E-state index < -0.39 is 6.29 Å². The molecule has 0 atom stereocenters. The summed E-state index contributed by atoms with van der Waals surface area (Å²) in [6.07, 6.45) is -3.55. The van der Waals surface area contributed by atoms with Gasteiger partial charge in [0.25, 0.3) is 0 Å². The van der Waals surface area contributed by atoms with Crippen molar-refractivity contribution in [3.05, 3.63) is 47.0 Å². The molecule has 25 heavy (non-hydrogen) atoms. The first-order chi connectivity index (χ1) is 12.0. The molecule has 0 unspecified atom stereocenters. The summed E-state index contributed by atoms with van der Waals surface area (Å²) in [6, 6.07) is 9.62. The van der Waals surface area contributed by atoms with Gasteiger partial charge in [-0.05, 0) is 29.8 Å². The maximum absolute atomic E-state index is 13.1. The van der Waals surface area contributed by atoms with Crippen molar-refractivity contribution >= 4 is 11.6 Å². The molecule has 1 fully saturated rings. The van der Waals surface area contributed by atoms with Gasteiger partial charge in [-0.15, -0.1) is 8.78 Å².